The quantitative estimate of drug-likeness (QED) is 0.159. The molecule has 1 saturated heterocycles. The molecule has 1 fully saturated rings. The Morgan fingerprint density at radius 2 is 1.82 bits per heavy atom. The van der Waals surface area contributed by atoms with Gasteiger partial charge in [-0.15, -0.1) is 0 Å². The maximum atomic E-state index is 14.0. The average Bonchev–Trinajstić information content (AvgIpc) is 3.48. The van der Waals surface area contributed by atoms with Crippen molar-refractivity contribution in [2.24, 2.45) is 5.41 Å². The highest BCUT2D eigenvalue weighted by molar-refractivity contribution is 7.89. The maximum Gasteiger partial charge on any atom is 0.407 e. The van der Waals surface area contributed by atoms with Crippen molar-refractivity contribution in [3.05, 3.63) is 60.2 Å². The van der Waals surface area contributed by atoms with Crippen LogP contribution in [0.5, 0.6) is 0 Å². The fourth-order valence-corrected chi connectivity index (χ4v) is 6.72. The molecule has 5 N–H and O–H groups in total. The predicted octanol–water partition coefficient (Wildman–Crippen LogP) is 3.55. The summed E-state index contributed by atoms with van der Waals surface area (Å²) in [7, 11) is -2.58. The van der Waals surface area contributed by atoms with Crippen molar-refractivity contribution < 1.29 is 37.7 Å². The van der Waals surface area contributed by atoms with Gasteiger partial charge in [-0.2, -0.15) is 4.31 Å². The summed E-state index contributed by atoms with van der Waals surface area (Å²) in [5.74, 6) is 0. The summed E-state index contributed by atoms with van der Waals surface area (Å²) >= 11 is 0. The first-order valence-electron chi connectivity index (χ1n) is 14.8. The summed E-state index contributed by atoms with van der Waals surface area (Å²) in [5.41, 5.74) is 6.55. The minimum Gasteiger partial charge on any atom is -0.465 e. The molecule has 13 heteroatoms. The Bertz CT molecular complexity index is 1300. The van der Waals surface area contributed by atoms with Crippen LogP contribution in [0.15, 0.2) is 59.5 Å². The number of nitrogens with one attached hydrogen (secondary N) is 1. The van der Waals surface area contributed by atoms with Gasteiger partial charge >= 0.3 is 12.2 Å². The van der Waals surface area contributed by atoms with Crippen molar-refractivity contribution >= 4 is 27.9 Å². The van der Waals surface area contributed by atoms with Gasteiger partial charge in [0.25, 0.3) is 0 Å². The maximum absolute atomic E-state index is 14.0. The van der Waals surface area contributed by atoms with Gasteiger partial charge in [0.05, 0.1) is 30.3 Å². The lowest BCUT2D eigenvalue weighted by atomic mass is 9.87. The van der Waals surface area contributed by atoms with Crippen LogP contribution in [0.3, 0.4) is 0 Å². The van der Waals surface area contributed by atoms with E-state index in [1.54, 1.807) is 0 Å². The van der Waals surface area contributed by atoms with Gasteiger partial charge in [0.2, 0.25) is 10.0 Å². The van der Waals surface area contributed by atoms with E-state index in [0.29, 0.717) is 51.1 Å². The molecule has 2 aromatic rings. The highest BCUT2D eigenvalue weighted by Gasteiger charge is 2.35. The summed E-state index contributed by atoms with van der Waals surface area (Å²) < 4.78 is 39.9. The number of amides is 2. The van der Waals surface area contributed by atoms with Gasteiger partial charge in [-0.3, -0.25) is 0 Å². The highest BCUT2D eigenvalue weighted by atomic mass is 32.2. The minimum atomic E-state index is -4.08. The smallest absolute Gasteiger partial charge is 0.407 e. The van der Waals surface area contributed by atoms with Crippen LogP contribution in [0.4, 0.5) is 15.3 Å². The summed E-state index contributed by atoms with van der Waals surface area (Å²) in [6.07, 6.45) is -0.642. The number of sulfonamides is 1. The molecule has 44 heavy (non-hydrogen) atoms. The summed E-state index contributed by atoms with van der Waals surface area (Å²) in [6, 6.07) is 14.3. The first kappa shape index (κ1) is 35.1. The van der Waals surface area contributed by atoms with Gasteiger partial charge in [-0.05, 0) is 54.5 Å². The third-order valence-electron chi connectivity index (χ3n) is 7.66. The predicted molar refractivity (Wildman–Crippen MR) is 167 cm³/mol. The third kappa shape index (κ3) is 11.0. The Labute approximate surface area is 260 Å². The molecule has 0 spiro atoms. The average molecular weight is 635 g/mol. The molecule has 2 aromatic carbocycles. The van der Waals surface area contributed by atoms with Crippen LogP contribution in [-0.4, -0.2) is 98.2 Å². The number of anilines is 1. The molecular weight excluding hydrogens is 588 g/mol. The Kier molecular flexibility index (Phi) is 12.8. The van der Waals surface area contributed by atoms with Gasteiger partial charge in [-0.25, -0.2) is 18.0 Å². The number of carboxylic acid groups (broad SMARTS) is 1. The number of unbranched alkanes of at least 4 members (excludes halogenated alkanes) is 1. The number of hydrogen-bond acceptors (Lipinski definition) is 8. The lowest BCUT2D eigenvalue weighted by Gasteiger charge is -2.35. The van der Waals surface area contributed by atoms with E-state index >= 15 is 0 Å². The Balaban J connectivity index is 1.82. The van der Waals surface area contributed by atoms with Gasteiger partial charge in [-0.1, -0.05) is 50.6 Å². The van der Waals surface area contributed by atoms with E-state index in [1.165, 1.54) is 40.5 Å². The molecule has 2 amide bonds. The largest absolute Gasteiger partial charge is 0.465 e. The lowest BCUT2D eigenvalue weighted by molar-refractivity contribution is 0.0623. The van der Waals surface area contributed by atoms with Gasteiger partial charge < -0.3 is 35.6 Å². The monoisotopic (exact) mass is 634 g/mol. The molecule has 12 nitrogen and oxygen atoms in total. The Morgan fingerprint density at radius 3 is 2.43 bits per heavy atom. The topological polar surface area (TPSA) is 172 Å². The molecule has 0 bridgehead atoms. The number of carbonyl (C=O) groups excluding carboxylic acids is 1. The fourth-order valence-electron chi connectivity index (χ4n) is 5.07. The second-order valence-corrected chi connectivity index (χ2v) is 14.0. The van der Waals surface area contributed by atoms with E-state index in [0.717, 1.165) is 5.56 Å². The zero-order valence-corrected chi connectivity index (χ0v) is 26.5. The standard InChI is InChI=1S/C31H46N4O8S/c1-31(2,16-7-8-17-34(3)30(38)39)22-35(44(40,41)26-13-11-24(32)12-14-26)20-28(36)27(19-23-9-5-4-6-10-23)33-29(37)43-25-15-18-42-21-25/h4-6,9-14,25,27-28,36H,7-8,15-22,32H2,1-3H3,(H,33,37)(H,38,39)/t25-,27-,28+/m0/s1. The second-order valence-electron chi connectivity index (χ2n) is 12.1. The molecule has 0 unspecified atom stereocenters. The number of nitrogens with two attached hydrogens (primary N) is 1. The zero-order valence-electron chi connectivity index (χ0n) is 25.7. The normalized spacial score (nSPS) is 16.8. The zero-order chi connectivity index (χ0) is 32.3. The van der Waals surface area contributed by atoms with Crippen molar-refractivity contribution in [1.29, 1.82) is 0 Å². The molecule has 3 atom stereocenters. The number of benzene rings is 2. The van der Waals surface area contributed by atoms with E-state index in [-0.39, 0.29) is 30.5 Å². The molecular formula is C31H46N4O8S. The molecule has 0 saturated carbocycles. The van der Waals surface area contributed by atoms with Gasteiger partial charge in [0.15, 0.2) is 0 Å². The van der Waals surface area contributed by atoms with Gasteiger partial charge in [0.1, 0.15) is 6.10 Å². The highest BCUT2D eigenvalue weighted by Crippen LogP contribution is 2.29. The molecule has 1 aliphatic heterocycles. The van der Waals surface area contributed by atoms with Crippen LogP contribution >= 0.6 is 0 Å². The molecule has 0 radical (unpaired) electrons. The van der Waals surface area contributed by atoms with E-state index in [2.05, 4.69) is 5.32 Å². The number of alkyl carbamates (subject to hydrolysis) is 1. The van der Waals surface area contributed by atoms with E-state index in [9.17, 15) is 23.1 Å². The molecule has 3 rings (SSSR count). The van der Waals surface area contributed by atoms with E-state index < -0.39 is 39.8 Å². The molecule has 1 aliphatic rings. The van der Waals surface area contributed by atoms with Crippen LogP contribution in [0.1, 0.15) is 45.1 Å². The first-order valence-corrected chi connectivity index (χ1v) is 16.3. The number of rotatable bonds is 16. The summed E-state index contributed by atoms with van der Waals surface area (Å²) in [6.45, 7) is 4.83. The SMILES string of the molecule is CN(CCCCC(C)(C)CN(C[C@@H](O)[C@H](Cc1ccccc1)NC(=O)O[C@H]1CCOC1)S(=O)(=O)c1ccc(N)cc1)C(=O)O. The van der Waals surface area contributed by atoms with Crippen LogP contribution in [-0.2, 0) is 25.9 Å². The molecule has 0 aromatic heterocycles. The second kappa shape index (κ2) is 16.1. The summed E-state index contributed by atoms with van der Waals surface area (Å²) in [4.78, 5) is 25.2. The van der Waals surface area contributed by atoms with Crippen molar-refractivity contribution in [3.63, 3.8) is 0 Å². The van der Waals surface area contributed by atoms with Crippen LogP contribution in [0.2, 0.25) is 0 Å². The van der Waals surface area contributed by atoms with Crippen LogP contribution < -0.4 is 11.1 Å². The number of aliphatic hydroxyl groups is 1. The number of ether oxygens (including phenoxy) is 2. The van der Waals surface area contributed by atoms with Crippen molar-refractivity contribution in [3.8, 4) is 0 Å². The van der Waals surface area contributed by atoms with E-state index in [1.807, 2.05) is 44.2 Å². The number of carbonyl (C=O) groups is 2. The molecule has 244 valence electrons. The lowest BCUT2D eigenvalue weighted by Crippen LogP contribution is -2.52. The minimum absolute atomic E-state index is 0.0333. The number of hydrogen-bond donors (Lipinski definition) is 4. The number of aliphatic hydroxyl groups excluding tert-OH is 1. The van der Waals surface area contributed by atoms with Crippen molar-refractivity contribution in [1.82, 2.24) is 14.5 Å². The van der Waals surface area contributed by atoms with E-state index in [4.69, 9.17) is 20.3 Å². The van der Waals surface area contributed by atoms with Crippen LogP contribution in [0, 0.1) is 5.41 Å². The number of nitrogens with zero attached hydrogens (tertiary/aromatic N) is 2. The first-order chi connectivity index (χ1) is 20.8. The van der Waals surface area contributed by atoms with Gasteiger partial charge in [0, 0.05) is 38.8 Å². The molecule has 0 aliphatic carbocycles. The third-order valence-corrected chi connectivity index (χ3v) is 9.49. The summed E-state index contributed by atoms with van der Waals surface area (Å²) in [5, 5.41) is 23.4. The molecule has 1 heterocycles. The Morgan fingerprint density at radius 1 is 1.14 bits per heavy atom. The van der Waals surface area contributed by atoms with Crippen molar-refractivity contribution in [2.45, 2.75) is 69.1 Å². The Hall–Kier alpha value is -3.39. The van der Waals surface area contributed by atoms with Crippen molar-refractivity contribution in [2.75, 3.05) is 45.6 Å². The van der Waals surface area contributed by atoms with Crippen LogP contribution in [0.25, 0.3) is 0 Å². The number of nitrogen functional groups attached to an aromatic ring is 1. The fraction of sp³-hybridized carbons (Fsp3) is 0.548.